The molecule has 0 bridgehead atoms. The van der Waals surface area contributed by atoms with Crippen LogP contribution < -0.4 is 4.74 Å². The molecule has 0 aliphatic rings. The molecule has 22 heavy (non-hydrogen) atoms. The number of hydrogen-bond donors (Lipinski definition) is 1. The van der Waals surface area contributed by atoms with E-state index in [1.807, 2.05) is 12.1 Å². The first-order valence-electron chi connectivity index (χ1n) is 6.29. The van der Waals surface area contributed by atoms with E-state index in [-0.39, 0.29) is 11.3 Å². The second-order valence-electron chi connectivity index (χ2n) is 4.34. The molecule has 2 rings (SSSR count). The number of thioether (sulfide) groups is 1. The Balaban J connectivity index is 2.23. The van der Waals surface area contributed by atoms with Gasteiger partial charge in [0.15, 0.2) is 0 Å². The third-order valence-corrected chi connectivity index (χ3v) is 4.05. The minimum atomic E-state index is -1.29. The zero-order valence-corrected chi connectivity index (χ0v) is 12.5. The molecule has 1 N–H and O–H groups in total. The molecule has 0 unspecified atom stereocenters. The summed E-state index contributed by atoms with van der Waals surface area (Å²) in [7, 11) is 1.57. The number of hydrogen-bond acceptors (Lipinski definition) is 5. The number of ether oxygens (including phenoxy) is 1. The topological polar surface area (TPSA) is 89.7 Å². The van der Waals surface area contributed by atoms with Gasteiger partial charge < -0.3 is 9.84 Å². The van der Waals surface area contributed by atoms with Crippen LogP contribution in [0.2, 0.25) is 0 Å². The fourth-order valence-corrected chi connectivity index (χ4v) is 2.83. The van der Waals surface area contributed by atoms with Gasteiger partial charge in [-0.15, -0.1) is 11.8 Å². The van der Waals surface area contributed by atoms with Crippen LogP contribution in [0.4, 0.5) is 5.69 Å². The Morgan fingerprint density at radius 3 is 2.50 bits per heavy atom. The molecule has 0 spiro atoms. The summed E-state index contributed by atoms with van der Waals surface area (Å²) in [6.07, 6.45) is 0. The third kappa shape index (κ3) is 3.56. The van der Waals surface area contributed by atoms with E-state index < -0.39 is 10.9 Å². The van der Waals surface area contributed by atoms with Crippen LogP contribution in [0.15, 0.2) is 47.4 Å². The van der Waals surface area contributed by atoms with Gasteiger partial charge in [-0.1, -0.05) is 12.1 Å². The molecule has 0 fully saturated rings. The van der Waals surface area contributed by atoms with Crippen LogP contribution in [0.25, 0.3) is 0 Å². The molecule has 0 radical (unpaired) electrons. The first-order chi connectivity index (χ1) is 10.5. The van der Waals surface area contributed by atoms with E-state index in [0.717, 1.165) is 10.6 Å². The number of benzene rings is 2. The summed E-state index contributed by atoms with van der Waals surface area (Å²) in [5.74, 6) is -0.237. The molecule has 0 saturated carbocycles. The summed E-state index contributed by atoms with van der Waals surface area (Å²) in [5.41, 5.74) is -0.226. The van der Waals surface area contributed by atoms with E-state index in [1.54, 1.807) is 25.3 Å². The van der Waals surface area contributed by atoms with Crippen LogP contribution in [0.1, 0.15) is 15.9 Å². The molecule has 0 amide bonds. The van der Waals surface area contributed by atoms with Crippen molar-refractivity contribution in [3.8, 4) is 5.75 Å². The number of carboxylic acid groups (broad SMARTS) is 1. The summed E-state index contributed by atoms with van der Waals surface area (Å²) in [6.45, 7) is 0. The first-order valence-corrected chi connectivity index (χ1v) is 7.28. The zero-order valence-electron chi connectivity index (χ0n) is 11.7. The van der Waals surface area contributed by atoms with Crippen molar-refractivity contribution in [2.24, 2.45) is 0 Å². The molecule has 0 aliphatic carbocycles. The maximum atomic E-state index is 11.3. The van der Waals surface area contributed by atoms with Gasteiger partial charge in [-0.2, -0.15) is 0 Å². The van der Waals surface area contributed by atoms with Gasteiger partial charge in [0.25, 0.3) is 5.69 Å². The van der Waals surface area contributed by atoms with E-state index in [9.17, 15) is 20.0 Å². The minimum Gasteiger partial charge on any atom is -0.497 e. The van der Waals surface area contributed by atoms with Crippen molar-refractivity contribution in [2.45, 2.75) is 10.6 Å². The third-order valence-electron chi connectivity index (χ3n) is 2.99. The predicted molar refractivity (Wildman–Crippen MR) is 82.6 cm³/mol. The molecule has 0 aliphatic heterocycles. The smallest absolute Gasteiger partial charge is 0.343 e. The van der Waals surface area contributed by atoms with Crippen LogP contribution in [0.3, 0.4) is 0 Å². The highest BCUT2D eigenvalue weighted by molar-refractivity contribution is 7.98. The Hall–Kier alpha value is -2.54. The highest BCUT2D eigenvalue weighted by Gasteiger charge is 2.23. The largest absolute Gasteiger partial charge is 0.497 e. The zero-order chi connectivity index (χ0) is 16.1. The van der Waals surface area contributed by atoms with Crippen LogP contribution >= 0.6 is 11.8 Å². The Morgan fingerprint density at radius 2 is 1.95 bits per heavy atom. The lowest BCUT2D eigenvalue weighted by atomic mass is 10.1. The molecule has 0 saturated heterocycles. The van der Waals surface area contributed by atoms with Crippen LogP contribution in [0.5, 0.6) is 5.75 Å². The average molecular weight is 319 g/mol. The molecule has 2 aromatic carbocycles. The van der Waals surface area contributed by atoms with E-state index >= 15 is 0 Å². The fraction of sp³-hybridized carbons (Fsp3) is 0.133. The van der Waals surface area contributed by atoms with Gasteiger partial charge in [-0.3, -0.25) is 10.1 Å². The summed E-state index contributed by atoms with van der Waals surface area (Å²) in [5, 5.41) is 20.2. The van der Waals surface area contributed by atoms with Crippen molar-refractivity contribution >= 4 is 23.4 Å². The van der Waals surface area contributed by atoms with E-state index in [0.29, 0.717) is 11.3 Å². The number of nitro benzene ring substituents is 1. The SMILES string of the molecule is COc1ccc(SCc2cccc([N+](=O)[O-])c2C(=O)O)cc1. The van der Waals surface area contributed by atoms with E-state index in [2.05, 4.69) is 0 Å². The van der Waals surface area contributed by atoms with Gasteiger partial charge in [0.1, 0.15) is 11.3 Å². The maximum Gasteiger partial charge on any atom is 0.343 e. The van der Waals surface area contributed by atoms with Crippen molar-refractivity contribution in [1.29, 1.82) is 0 Å². The Bertz CT molecular complexity index is 700. The lowest BCUT2D eigenvalue weighted by molar-refractivity contribution is -0.385. The Morgan fingerprint density at radius 1 is 1.27 bits per heavy atom. The number of carboxylic acids is 1. The highest BCUT2D eigenvalue weighted by Crippen LogP contribution is 2.29. The van der Waals surface area contributed by atoms with Crippen LogP contribution in [-0.4, -0.2) is 23.1 Å². The van der Waals surface area contributed by atoms with Gasteiger partial charge >= 0.3 is 5.97 Å². The van der Waals surface area contributed by atoms with Crippen molar-refractivity contribution in [3.05, 3.63) is 63.7 Å². The molecule has 0 heterocycles. The second-order valence-corrected chi connectivity index (χ2v) is 5.39. The number of rotatable bonds is 6. The van der Waals surface area contributed by atoms with Crippen molar-refractivity contribution in [1.82, 2.24) is 0 Å². The normalized spacial score (nSPS) is 10.2. The quantitative estimate of drug-likeness (QED) is 0.497. The van der Waals surface area contributed by atoms with E-state index in [4.69, 9.17) is 4.74 Å². The number of carbonyl (C=O) groups is 1. The van der Waals surface area contributed by atoms with E-state index in [1.165, 1.54) is 23.9 Å². The molecule has 0 atom stereocenters. The lowest BCUT2D eigenvalue weighted by Gasteiger charge is -2.07. The standard InChI is InChI=1S/C15H13NO5S/c1-21-11-5-7-12(8-6-11)22-9-10-3-2-4-13(16(19)20)14(10)15(17)18/h2-8H,9H2,1H3,(H,17,18). The van der Waals surface area contributed by atoms with Crippen LogP contribution in [-0.2, 0) is 5.75 Å². The van der Waals surface area contributed by atoms with Crippen molar-refractivity contribution < 1.29 is 19.6 Å². The molecular formula is C15H13NO5S. The van der Waals surface area contributed by atoms with Gasteiger partial charge in [0, 0.05) is 16.7 Å². The van der Waals surface area contributed by atoms with Crippen molar-refractivity contribution in [2.75, 3.05) is 7.11 Å². The van der Waals surface area contributed by atoms with Gasteiger partial charge in [0.2, 0.25) is 0 Å². The molecule has 6 nitrogen and oxygen atoms in total. The number of methoxy groups -OCH3 is 1. The number of nitro groups is 1. The Labute approximate surface area is 130 Å². The predicted octanol–water partition coefficient (Wildman–Crippen LogP) is 3.59. The summed E-state index contributed by atoms with van der Waals surface area (Å²) in [6, 6.07) is 11.6. The molecule has 7 heteroatoms. The Kier molecular flexibility index (Phi) is 5.00. The van der Waals surface area contributed by atoms with Gasteiger partial charge in [0.05, 0.1) is 12.0 Å². The monoisotopic (exact) mass is 319 g/mol. The fourth-order valence-electron chi connectivity index (χ4n) is 1.94. The first kappa shape index (κ1) is 15.8. The second kappa shape index (κ2) is 6.95. The van der Waals surface area contributed by atoms with Gasteiger partial charge in [-0.05, 0) is 29.8 Å². The molecule has 2 aromatic rings. The summed E-state index contributed by atoms with van der Waals surface area (Å²) < 4.78 is 5.06. The molecule has 114 valence electrons. The number of aromatic carboxylic acids is 1. The number of nitrogens with zero attached hydrogens (tertiary/aromatic N) is 1. The maximum absolute atomic E-state index is 11.3. The minimum absolute atomic E-state index is 0.256. The average Bonchev–Trinajstić information content (AvgIpc) is 2.52. The van der Waals surface area contributed by atoms with Crippen LogP contribution in [0, 0.1) is 10.1 Å². The highest BCUT2D eigenvalue weighted by atomic mass is 32.2. The summed E-state index contributed by atoms with van der Waals surface area (Å²) in [4.78, 5) is 22.5. The van der Waals surface area contributed by atoms with Gasteiger partial charge in [-0.25, -0.2) is 4.79 Å². The summed E-state index contributed by atoms with van der Waals surface area (Å²) >= 11 is 1.40. The van der Waals surface area contributed by atoms with Crippen molar-refractivity contribution in [3.63, 3.8) is 0 Å². The molecular weight excluding hydrogens is 306 g/mol. The lowest BCUT2D eigenvalue weighted by Crippen LogP contribution is -2.06. The molecule has 0 aromatic heterocycles.